The van der Waals surface area contributed by atoms with Crippen molar-refractivity contribution in [2.24, 2.45) is 7.05 Å². The fourth-order valence-corrected chi connectivity index (χ4v) is 4.24. The Kier molecular flexibility index (Phi) is 5.36. The highest BCUT2D eigenvalue weighted by atomic mass is 16.5. The summed E-state index contributed by atoms with van der Waals surface area (Å²) in [5.41, 5.74) is 3.14. The van der Waals surface area contributed by atoms with E-state index < -0.39 is 6.04 Å². The predicted molar refractivity (Wildman–Crippen MR) is 125 cm³/mol. The van der Waals surface area contributed by atoms with Gasteiger partial charge in [0.2, 0.25) is 0 Å². The zero-order valence-corrected chi connectivity index (χ0v) is 19.3. The molecule has 3 heterocycles. The SMILES string of the molecule is COc1ccccc1C(NC(=O)c1cc(C2CC2)nc2c1cnn2C(C)C)c1nccn1C. The molecule has 5 rings (SSSR count). The molecule has 0 saturated heterocycles. The van der Waals surface area contributed by atoms with Gasteiger partial charge in [-0.25, -0.2) is 14.6 Å². The number of para-hydroxylation sites is 1. The lowest BCUT2D eigenvalue weighted by molar-refractivity contribution is 0.0942. The Labute approximate surface area is 192 Å². The summed E-state index contributed by atoms with van der Waals surface area (Å²) in [6.07, 6.45) is 7.55. The van der Waals surface area contributed by atoms with Gasteiger partial charge in [-0.2, -0.15) is 5.10 Å². The smallest absolute Gasteiger partial charge is 0.253 e. The summed E-state index contributed by atoms with van der Waals surface area (Å²) in [6, 6.07) is 9.28. The van der Waals surface area contributed by atoms with E-state index >= 15 is 0 Å². The number of carbonyl (C=O) groups is 1. The maximum absolute atomic E-state index is 13.8. The fraction of sp³-hybridized carbons (Fsp3) is 0.360. The molecule has 1 aromatic carbocycles. The van der Waals surface area contributed by atoms with Gasteiger partial charge in [-0.1, -0.05) is 18.2 Å². The fourth-order valence-electron chi connectivity index (χ4n) is 4.24. The largest absolute Gasteiger partial charge is 0.496 e. The Morgan fingerprint density at radius 3 is 2.70 bits per heavy atom. The first-order valence-corrected chi connectivity index (χ1v) is 11.3. The molecule has 0 spiro atoms. The number of fused-ring (bicyclic) bond motifs is 1. The van der Waals surface area contributed by atoms with Crippen LogP contribution in [0.4, 0.5) is 0 Å². The minimum atomic E-state index is -0.485. The lowest BCUT2D eigenvalue weighted by Crippen LogP contribution is -2.31. The van der Waals surface area contributed by atoms with Crippen molar-refractivity contribution in [3.05, 3.63) is 71.6 Å². The van der Waals surface area contributed by atoms with Crippen molar-refractivity contribution in [2.45, 2.75) is 44.7 Å². The number of imidazole rings is 1. The normalized spacial score (nSPS) is 14.6. The number of pyridine rings is 1. The Hall–Kier alpha value is -3.68. The minimum absolute atomic E-state index is 0.147. The molecule has 1 unspecified atom stereocenters. The van der Waals surface area contributed by atoms with Gasteiger partial charge in [0.25, 0.3) is 5.91 Å². The highest BCUT2D eigenvalue weighted by Gasteiger charge is 2.30. The molecule has 1 aliphatic carbocycles. The lowest BCUT2D eigenvalue weighted by atomic mass is 10.0. The second kappa shape index (κ2) is 8.35. The first kappa shape index (κ1) is 21.2. The number of hydrogen-bond acceptors (Lipinski definition) is 5. The van der Waals surface area contributed by atoms with Crippen molar-refractivity contribution in [2.75, 3.05) is 7.11 Å². The number of nitrogens with one attached hydrogen (secondary N) is 1. The average Bonchev–Trinajstić information content (AvgIpc) is 3.44. The van der Waals surface area contributed by atoms with E-state index in [1.807, 2.05) is 52.8 Å². The molecular formula is C25H28N6O2. The number of rotatable bonds is 7. The van der Waals surface area contributed by atoms with Crippen LogP contribution in [0.15, 0.2) is 48.9 Å². The van der Waals surface area contributed by atoms with Gasteiger partial charge in [0.05, 0.1) is 24.3 Å². The molecule has 8 heteroatoms. The van der Waals surface area contributed by atoms with Crippen molar-refractivity contribution in [3.8, 4) is 5.75 Å². The molecule has 1 aliphatic rings. The van der Waals surface area contributed by atoms with Crippen LogP contribution in [0.1, 0.15) is 72.1 Å². The standard InChI is InChI=1S/C25H28N6O2/c1-15(2)31-23-19(14-27-31)18(13-20(28-23)16-9-10-16)25(32)29-22(24-26-11-12-30(24)3)17-7-5-6-8-21(17)33-4/h5-8,11-16,22H,9-10H2,1-4H3,(H,29,32). The van der Waals surface area contributed by atoms with E-state index in [1.54, 1.807) is 19.5 Å². The molecular weight excluding hydrogens is 416 g/mol. The number of ether oxygens (including phenoxy) is 1. The number of carbonyl (C=O) groups excluding carboxylic acids is 1. The molecule has 170 valence electrons. The first-order chi connectivity index (χ1) is 16.0. The predicted octanol–water partition coefficient (Wildman–Crippen LogP) is 4.15. The minimum Gasteiger partial charge on any atom is -0.496 e. The van der Waals surface area contributed by atoms with Crippen LogP contribution < -0.4 is 10.1 Å². The maximum Gasteiger partial charge on any atom is 0.253 e. The lowest BCUT2D eigenvalue weighted by Gasteiger charge is -2.21. The zero-order valence-electron chi connectivity index (χ0n) is 19.3. The van der Waals surface area contributed by atoms with Gasteiger partial charge in [-0.05, 0) is 38.8 Å². The number of hydrogen-bond donors (Lipinski definition) is 1. The third-order valence-corrected chi connectivity index (χ3v) is 6.16. The van der Waals surface area contributed by atoms with Gasteiger partial charge in [0, 0.05) is 42.7 Å². The third-order valence-electron chi connectivity index (χ3n) is 6.16. The van der Waals surface area contributed by atoms with E-state index in [9.17, 15) is 4.79 Å². The Bertz CT molecular complexity index is 1320. The van der Waals surface area contributed by atoms with Crippen molar-refractivity contribution >= 4 is 16.9 Å². The van der Waals surface area contributed by atoms with E-state index in [1.165, 1.54) is 0 Å². The van der Waals surface area contributed by atoms with Gasteiger partial charge in [0.15, 0.2) is 5.65 Å². The van der Waals surface area contributed by atoms with E-state index in [-0.39, 0.29) is 11.9 Å². The van der Waals surface area contributed by atoms with Crippen LogP contribution in [0.25, 0.3) is 11.0 Å². The van der Waals surface area contributed by atoms with Crippen LogP contribution in [-0.2, 0) is 7.05 Å². The van der Waals surface area contributed by atoms with Gasteiger partial charge in [-0.3, -0.25) is 4.79 Å². The summed E-state index contributed by atoms with van der Waals surface area (Å²) >= 11 is 0. The molecule has 1 atom stereocenters. The van der Waals surface area contributed by atoms with Crippen LogP contribution in [-0.4, -0.2) is 37.3 Å². The molecule has 1 N–H and O–H groups in total. The van der Waals surface area contributed by atoms with Gasteiger partial charge < -0.3 is 14.6 Å². The van der Waals surface area contributed by atoms with Crippen molar-refractivity contribution < 1.29 is 9.53 Å². The average molecular weight is 445 g/mol. The number of amides is 1. The summed E-state index contributed by atoms with van der Waals surface area (Å²) < 4.78 is 9.39. The van der Waals surface area contributed by atoms with Gasteiger partial charge in [0.1, 0.15) is 17.6 Å². The summed E-state index contributed by atoms with van der Waals surface area (Å²) in [4.78, 5) is 23.2. The highest BCUT2D eigenvalue weighted by Crippen LogP contribution is 2.40. The summed E-state index contributed by atoms with van der Waals surface area (Å²) in [6.45, 7) is 4.13. The summed E-state index contributed by atoms with van der Waals surface area (Å²) in [5, 5.41) is 8.50. The topological polar surface area (TPSA) is 86.9 Å². The second-order valence-corrected chi connectivity index (χ2v) is 8.83. The number of aryl methyl sites for hydroxylation is 1. The Balaban J connectivity index is 1.60. The number of methoxy groups -OCH3 is 1. The van der Waals surface area contributed by atoms with Crippen LogP contribution in [0.5, 0.6) is 5.75 Å². The molecule has 4 aromatic rings. The summed E-state index contributed by atoms with van der Waals surface area (Å²) in [7, 11) is 3.55. The molecule has 0 bridgehead atoms. The summed E-state index contributed by atoms with van der Waals surface area (Å²) in [5.74, 6) is 1.64. The van der Waals surface area contributed by atoms with Gasteiger partial charge >= 0.3 is 0 Å². The maximum atomic E-state index is 13.8. The number of benzene rings is 1. The van der Waals surface area contributed by atoms with Crippen LogP contribution >= 0.6 is 0 Å². The third kappa shape index (κ3) is 3.86. The number of aromatic nitrogens is 5. The second-order valence-electron chi connectivity index (χ2n) is 8.83. The van der Waals surface area contributed by atoms with Crippen molar-refractivity contribution in [1.82, 2.24) is 29.6 Å². The molecule has 0 aliphatic heterocycles. The molecule has 8 nitrogen and oxygen atoms in total. The molecule has 33 heavy (non-hydrogen) atoms. The van der Waals surface area contributed by atoms with E-state index in [4.69, 9.17) is 9.72 Å². The monoisotopic (exact) mass is 444 g/mol. The molecule has 1 saturated carbocycles. The van der Waals surface area contributed by atoms with Gasteiger partial charge in [-0.15, -0.1) is 0 Å². The van der Waals surface area contributed by atoms with Crippen molar-refractivity contribution in [3.63, 3.8) is 0 Å². The molecule has 0 radical (unpaired) electrons. The molecule has 1 amide bonds. The Morgan fingerprint density at radius 1 is 1.24 bits per heavy atom. The van der Waals surface area contributed by atoms with E-state index in [0.717, 1.165) is 41.0 Å². The molecule has 1 fully saturated rings. The van der Waals surface area contributed by atoms with Crippen LogP contribution in [0, 0.1) is 0 Å². The van der Waals surface area contributed by atoms with Crippen molar-refractivity contribution in [1.29, 1.82) is 0 Å². The number of nitrogens with zero attached hydrogens (tertiary/aromatic N) is 5. The first-order valence-electron chi connectivity index (χ1n) is 11.3. The zero-order chi connectivity index (χ0) is 23.1. The van der Waals surface area contributed by atoms with E-state index in [0.29, 0.717) is 17.2 Å². The van der Waals surface area contributed by atoms with Crippen LogP contribution in [0.2, 0.25) is 0 Å². The van der Waals surface area contributed by atoms with E-state index in [2.05, 4.69) is 29.2 Å². The molecule has 3 aromatic heterocycles. The Morgan fingerprint density at radius 2 is 2.03 bits per heavy atom. The quantitative estimate of drug-likeness (QED) is 0.463. The highest BCUT2D eigenvalue weighted by molar-refractivity contribution is 6.05. The van der Waals surface area contributed by atoms with Crippen LogP contribution in [0.3, 0.4) is 0 Å².